The third kappa shape index (κ3) is 3.45. The van der Waals surface area contributed by atoms with Crippen molar-refractivity contribution in [2.75, 3.05) is 0 Å². The number of rotatable bonds is 4. The topological polar surface area (TPSA) is 20.2 Å². The average molecular weight is 272 g/mol. The van der Waals surface area contributed by atoms with Crippen LogP contribution in [0.1, 0.15) is 48.1 Å². The molecule has 2 heteroatoms. The second kappa shape index (κ2) is 6.19. The van der Waals surface area contributed by atoms with Crippen LogP contribution in [-0.4, -0.2) is 5.11 Å². The molecule has 1 nitrogen and oxygen atoms in total. The second-order valence-electron chi connectivity index (χ2n) is 5.62. The summed E-state index contributed by atoms with van der Waals surface area (Å²) in [6, 6.07) is 13.1. The van der Waals surface area contributed by atoms with Gasteiger partial charge in [-0.25, -0.2) is 4.39 Å². The van der Waals surface area contributed by atoms with Gasteiger partial charge in [0.25, 0.3) is 0 Å². The lowest BCUT2D eigenvalue weighted by molar-refractivity contribution is 0.178. The van der Waals surface area contributed by atoms with E-state index in [1.54, 1.807) is 19.1 Å². The maximum Gasteiger partial charge on any atom is 0.126 e. The second-order valence-corrected chi connectivity index (χ2v) is 5.62. The van der Waals surface area contributed by atoms with Gasteiger partial charge in [-0.2, -0.15) is 0 Å². The molecule has 0 saturated carbocycles. The minimum absolute atomic E-state index is 0.267. The van der Waals surface area contributed by atoms with Crippen molar-refractivity contribution < 1.29 is 9.50 Å². The van der Waals surface area contributed by atoms with Gasteiger partial charge in [0.2, 0.25) is 0 Å². The van der Waals surface area contributed by atoms with E-state index in [1.807, 2.05) is 12.1 Å². The van der Waals surface area contributed by atoms with E-state index in [4.69, 9.17) is 0 Å². The highest BCUT2D eigenvalue weighted by Gasteiger charge is 2.11. The van der Waals surface area contributed by atoms with Crippen molar-refractivity contribution in [3.8, 4) is 0 Å². The first-order valence-corrected chi connectivity index (χ1v) is 7.00. The molecule has 0 heterocycles. The largest absolute Gasteiger partial charge is 0.388 e. The van der Waals surface area contributed by atoms with Gasteiger partial charge >= 0.3 is 0 Å². The summed E-state index contributed by atoms with van der Waals surface area (Å²) >= 11 is 0. The molecule has 0 amide bonds. The maximum absolute atomic E-state index is 13.5. The normalized spacial score (nSPS) is 12.7. The van der Waals surface area contributed by atoms with E-state index in [9.17, 15) is 9.50 Å². The van der Waals surface area contributed by atoms with Crippen molar-refractivity contribution in [3.05, 3.63) is 70.5 Å². The fourth-order valence-electron chi connectivity index (χ4n) is 2.20. The first kappa shape index (κ1) is 14.7. The van der Waals surface area contributed by atoms with E-state index in [0.29, 0.717) is 23.5 Å². The Morgan fingerprint density at radius 1 is 1.00 bits per heavy atom. The molecule has 1 unspecified atom stereocenters. The van der Waals surface area contributed by atoms with Gasteiger partial charge in [0.15, 0.2) is 0 Å². The fraction of sp³-hybridized carbons (Fsp3) is 0.333. The van der Waals surface area contributed by atoms with Crippen LogP contribution in [-0.2, 0) is 6.42 Å². The van der Waals surface area contributed by atoms with Gasteiger partial charge in [-0.3, -0.25) is 0 Å². The van der Waals surface area contributed by atoms with Crippen molar-refractivity contribution in [3.63, 3.8) is 0 Å². The Hall–Kier alpha value is -1.67. The smallest absolute Gasteiger partial charge is 0.126 e. The minimum atomic E-state index is -0.671. The summed E-state index contributed by atoms with van der Waals surface area (Å²) in [4.78, 5) is 0. The molecule has 0 aromatic heterocycles. The molecule has 0 bridgehead atoms. The number of halogens is 1. The standard InChI is InChI=1S/C18H21FO/c1-12(2)15-8-5-14(6-9-15)10-18(20)16-7-4-13(3)17(19)11-16/h4-9,11-12,18,20H,10H2,1-3H3. The lowest BCUT2D eigenvalue weighted by Gasteiger charge is -2.13. The van der Waals surface area contributed by atoms with Crippen LogP contribution >= 0.6 is 0 Å². The Morgan fingerprint density at radius 2 is 1.60 bits per heavy atom. The number of hydrogen-bond acceptors (Lipinski definition) is 1. The average Bonchev–Trinajstić information content (AvgIpc) is 2.42. The molecule has 2 aromatic carbocycles. The van der Waals surface area contributed by atoms with E-state index in [0.717, 1.165) is 5.56 Å². The van der Waals surface area contributed by atoms with Crippen molar-refractivity contribution >= 4 is 0 Å². The van der Waals surface area contributed by atoms with Crippen LogP contribution in [0.3, 0.4) is 0 Å². The molecule has 0 spiro atoms. The summed E-state index contributed by atoms with van der Waals surface area (Å²) in [6.07, 6.45) is -0.170. The van der Waals surface area contributed by atoms with Crippen LogP contribution in [0, 0.1) is 12.7 Å². The Kier molecular flexibility index (Phi) is 4.56. The Labute approximate surface area is 120 Å². The Bertz CT molecular complexity index is 572. The number of aryl methyl sites for hydroxylation is 1. The van der Waals surface area contributed by atoms with Crippen LogP contribution in [0.4, 0.5) is 4.39 Å². The first-order chi connectivity index (χ1) is 9.47. The molecular weight excluding hydrogens is 251 g/mol. The summed E-state index contributed by atoms with van der Waals surface area (Å²) in [6.45, 7) is 6.02. The minimum Gasteiger partial charge on any atom is -0.388 e. The number of aliphatic hydroxyl groups excluding tert-OH is 1. The highest BCUT2D eigenvalue weighted by atomic mass is 19.1. The molecule has 20 heavy (non-hydrogen) atoms. The van der Waals surface area contributed by atoms with Gasteiger partial charge in [0.1, 0.15) is 5.82 Å². The number of benzene rings is 2. The van der Waals surface area contributed by atoms with Crippen LogP contribution in [0.5, 0.6) is 0 Å². The molecule has 0 saturated heterocycles. The molecular formula is C18H21FO. The van der Waals surface area contributed by atoms with Gasteiger partial charge in [-0.05, 0) is 41.2 Å². The molecule has 0 fully saturated rings. The maximum atomic E-state index is 13.5. The summed E-state index contributed by atoms with van der Waals surface area (Å²) in [5.74, 6) is 0.233. The van der Waals surface area contributed by atoms with Crippen molar-refractivity contribution in [1.29, 1.82) is 0 Å². The molecule has 2 aromatic rings. The van der Waals surface area contributed by atoms with Crippen LogP contribution in [0.25, 0.3) is 0 Å². The third-order valence-electron chi connectivity index (χ3n) is 3.66. The Balaban J connectivity index is 2.10. The SMILES string of the molecule is Cc1ccc(C(O)Cc2ccc(C(C)C)cc2)cc1F. The molecule has 0 aliphatic carbocycles. The molecule has 1 atom stereocenters. The summed E-state index contributed by atoms with van der Waals surface area (Å²) in [5, 5.41) is 10.2. The van der Waals surface area contributed by atoms with E-state index < -0.39 is 6.10 Å². The number of aliphatic hydroxyl groups is 1. The van der Waals surface area contributed by atoms with Gasteiger partial charge in [-0.1, -0.05) is 50.2 Å². The van der Waals surface area contributed by atoms with Crippen molar-refractivity contribution in [2.45, 2.75) is 39.2 Å². The van der Waals surface area contributed by atoms with Gasteiger partial charge in [-0.15, -0.1) is 0 Å². The van der Waals surface area contributed by atoms with E-state index >= 15 is 0 Å². The van der Waals surface area contributed by atoms with Crippen molar-refractivity contribution in [2.24, 2.45) is 0 Å². The first-order valence-electron chi connectivity index (χ1n) is 7.00. The van der Waals surface area contributed by atoms with Gasteiger partial charge < -0.3 is 5.11 Å². The Morgan fingerprint density at radius 3 is 2.15 bits per heavy atom. The lowest BCUT2D eigenvalue weighted by atomic mass is 9.97. The van der Waals surface area contributed by atoms with E-state index in [1.165, 1.54) is 11.6 Å². The number of hydrogen-bond donors (Lipinski definition) is 1. The zero-order valence-corrected chi connectivity index (χ0v) is 12.2. The third-order valence-corrected chi connectivity index (χ3v) is 3.66. The monoisotopic (exact) mass is 272 g/mol. The van der Waals surface area contributed by atoms with Gasteiger partial charge in [0, 0.05) is 6.42 Å². The summed E-state index contributed by atoms with van der Waals surface area (Å²) in [7, 11) is 0. The van der Waals surface area contributed by atoms with Crippen LogP contribution in [0.15, 0.2) is 42.5 Å². The van der Waals surface area contributed by atoms with Crippen LogP contribution < -0.4 is 0 Å². The van der Waals surface area contributed by atoms with E-state index in [2.05, 4.69) is 26.0 Å². The molecule has 0 aliphatic rings. The van der Waals surface area contributed by atoms with Crippen LogP contribution in [0.2, 0.25) is 0 Å². The van der Waals surface area contributed by atoms with Gasteiger partial charge in [0.05, 0.1) is 6.10 Å². The zero-order chi connectivity index (χ0) is 14.7. The molecule has 106 valence electrons. The molecule has 2 rings (SSSR count). The highest BCUT2D eigenvalue weighted by molar-refractivity contribution is 5.29. The highest BCUT2D eigenvalue weighted by Crippen LogP contribution is 2.22. The predicted octanol–water partition coefficient (Wildman–Crippen LogP) is 4.53. The molecule has 0 aliphatic heterocycles. The fourth-order valence-corrected chi connectivity index (χ4v) is 2.20. The lowest BCUT2D eigenvalue weighted by Crippen LogP contribution is -2.03. The molecule has 1 N–H and O–H groups in total. The summed E-state index contributed by atoms with van der Waals surface area (Å²) < 4.78 is 13.5. The van der Waals surface area contributed by atoms with Crippen molar-refractivity contribution in [1.82, 2.24) is 0 Å². The molecule has 0 radical (unpaired) electrons. The summed E-state index contributed by atoms with van der Waals surface area (Å²) in [5.41, 5.74) is 3.57. The quantitative estimate of drug-likeness (QED) is 0.866. The predicted molar refractivity (Wildman–Crippen MR) is 80.3 cm³/mol. The van der Waals surface area contributed by atoms with E-state index in [-0.39, 0.29) is 5.82 Å². The zero-order valence-electron chi connectivity index (χ0n) is 12.2.